The Labute approximate surface area is 348 Å². The number of rotatable bonds is 9. The van der Waals surface area contributed by atoms with Gasteiger partial charge < -0.3 is 4.57 Å². The second-order valence-corrected chi connectivity index (χ2v) is 20.7. The van der Waals surface area contributed by atoms with Crippen LogP contribution in [0.1, 0.15) is 5.56 Å². The highest BCUT2D eigenvalue weighted by Crippen LogP contribution is 2.75. The molecule has 0 saturated carbocycles. The molecule has 0 aliphatic carbocycles. The quantitative estimate of drug-likeness (QED) is 0.143. The minimum absolute atomic E-state index is 0.642. The van der Waals surface area contributed by atoms with Gasteiger partial charge >= 0.3 is 0 Å². The summed E-state index contributed by atoms with van der Waals surface area (Å²) in [6, 6.07) is 90.9. The van der Waals surface area contributed by atoms with Crippen molar-refractivity contribution in [2.45, 2.75) is 39.2 Å². The maximum atomic E-state index is 9.73. The average molecular weight is 793 g/mol. The summed E-state index contributed by atoms with van der Waals surface area (Å²) >= 11 is 0. The first-order valence-corrected chi connectivity index (χ1v) is 23.1. The van der Waals surface area contributed by atoms with Crippen LogP contribution in [0.3, 0.4) is 0 Å². The molecule has 0 saturated heterocycles. The Kier molecular flexibility index (Phi) is 9.47. The van der Waals surface area contributed by atoms with E-state index < -0.39 is 20.1 Å². The maximum absolute atomic E-state index is 9.73. The van der Waals surface area contributed by atoms with Crippen molar-refractivity contribution in [1.82, 2.24) is 4.57 Å². The molecule has 2 nitrogen and oxygen atoms in total. The van der Waals surface area contributed by atoms with Gasteiger partial charge in [-0.2, -0.15) is 5.26 Å². The zero-order valence-corrected chi connectivity index (χ0v) is 33.9. The van der Waals surface area contributed by atoms with Crippen LogP contribution in [0.5, 0.6) is 0 Å². The summed E-state index contributed by atoms with van der Waals surface area (Å²) in [7, 11) is -3.89. The van der Waals surface area contributed by atoms with Crippen LogP contribution >= 0.6 is 20.1 Å². The molecule has 9 aromatic carbocycles. The average Bonchev–Trinajstić information content (AvgIpc) is 3.65. The molecule has 0 aliphatic rings. The zero-order valence-electron chi connectivity index (χ0n) is 32.3. The molecule has 0 aliphatic heterocycles. The Morgan fingerprint density at radius 2 is 0.593 bits per heavy atom. The molecular weight excluding hydrogens is 753 g/mol. The second-order valence-electron chi connectivity index (χ2n) is 14.5. The van der Waals surface area contributed by atoms with Gasteiger partial charge in [-0.05, 0) is 133 Å². The summed E-state index contributed by atoms with van der Waals surface area (Å²) < 4.78 is 2.37. The number of fused-ring (bicyclic) bond motifs is 3. The van der Waals surface area contributed by atoms with Crippen molar-refractivity contribution in [2.24, 2.45) is 0 Å². The van der Waals surface area contributed by atoms with Crippen molar-refractivity contribution in [3.63, 3.8) is 0 Å². The van der Waals surface area contributed by atoms with E-state index in [1.807, 2.05) is 12.1 Å². The van der Waals surface area contributed by atoms with Gasteiger partial charge in [0.25, 0.3) is 0 Å². The van der Waals surface area contributed by atoms with Crippen LogP contribution in [0, 0.1) is 11.3 Å². The van der Waals surface area contributed by atoms with Crippen LogP contribution < -0.4 is 0 Å². The summed E-state index contributed by atoms with van der Waals surface area (Å²) in [5.74, 6) is 0. The van der Waals surface area contributed by atoms with Crippen molar-refractivity contribution in [3.05, 3.63) is 248 Å². The fraction of sp³-hybridized carbons (Fsp3) is 0. The molecule has 0 amide bonds. The molecule has 0 atom stereocenters. The third-order valence-corrected chi connectivity index (χ3v) is 19.0. The van der Waals surface area contributed by atoms with Gasteiger partial charge in [-0.25, -0.2) is 0 Å². The predicted molar refractivity (Wildman–Crippen MR) is 245 cm³/mol. The molecule has 0 N–H and O–H groups in total. The summed E-state index contributed by atoms with van der Waals surface area (Å²) in [4.78, 5) is 10.3. The minimum atomic E-state index is -1.94. The molecule has 0 unspecified atom stereocenters. The Morgan fingerprint density at radius 1 is 0.305 bits per heavy atom. The van der Waals surface area contributed by atoms with Crippen LogP contribution in [0.25, 0.3) is 27.5 Å². The molecule has 59 heavy (non-hydrogen) atoms. The topological polar surface area (TPSA) is 28.7 Å². The predicted octanol–water partition coefficient (Wildman–Crippen LogP) is 15.3. The van der Waals surface area contributed by atoms with E-state index in [4.69, 9.17) is 0 Å². The van der Waals surface area contributed by atoms with Gasteiger partial charge in [-0.15, -0.1) is 20.1 Å². The highest BCUT2D eigenvalue weighted by atomic mass is 32.3. The zero-order chi connectivity index (χ0) is 39.7. The Morgan fingerprint density at radius 3 is 0.864 bits per heavy atom. The van der Waals surface area contributed by atoms with Gasteiger partial charge in [0, 0.05) is 55.6 Å². The fourth-order valence-corrected chi connectivity index (χ4v) is 16.5. The van der Waals surface area contributed by atoms with Gasteiger partial charge in [-0.3, -0.25) is 0 Å². The molecule has 0 bridgehead atoms. The summed E-state index contributed by atoms with van der Waals surface area (Å²) in [6.07, 6.45) is 0. The largest absolute Gasteiger partial charge is 0.309 e. The van der Waals surface area contributed by atoms with Gasteiger partial charge in [0.15, 0.2) is 0 Å². The third-order valence-electron chi connectivity index (χ3n) is 11.3. The molecule has 10 aromatic rings. The number of nitrogens with zero attached hydrogens (tertiary/aromatic N) is 2. The van der Waals surface area contributed by atoms with Crippen LogP contribution in [0.2, 0.25) is 0 Å². The number of benzene rings is 9. The Bertz CT molecular complexity index is 2690. The molecule has 10 rings (SSSR count). The number of hydrogen-bond donors (Lipinski definition) is 0. The Balaban J connectivity index is 1.34. The van der Waals surface area contributed by atoms with Crippen molar-refractivity contribution < 1.29 is 0 Å². The smallest absolute Gasteiger partial charge is 0.0991 e. The fourth-order valence-electron chi connectivity index (χ4n) is 8.71. The molecule has 4 heteroatoms. The third kappa shape index (κ3) is 5.98. The molecule has 0 fully saturated rings. The van der Waals surface area contributed by atoms with E-state index in [1.54, 1.807) is 0 Å². The number of nitriles is 1. The van der Waals surface area contributed by atoms with Crippen molar-refractivity contribution in [1.29, 1.82) is 5.26 Å². The van der Waals surface area contributed by atoms with Gasteiger partial charge in [0.2, 0.25) is 0 Å². The van der Waals surface area contributed by atoms with Crippen molar-refractivity contribution >= 4 is 41.9 Å². The highest BCUT2D eigenvalue weighted by Gasteiger charge is 2.36. The lowest BCUT2D eigenvalue weighted by Gasteiger charge is -2.42. The first kappa shape index (κ1) is 36.3. The molecular formula is C55H40N2S2. The molecule has 0 spiro atoms. The number of aromatic nitrogens is 1. The van der Waals surface area contributed by atoms with Crippen molar-refractivity contribution in [3.8, 4) is 11.8 Å². The molecule has 1 aromatic heterocycles. The monoisotopic (exact) mass is 792 g/mol. The van der Waals surface area contributed by atoms with Gasteiger partial charge in [-0.1, -0.05) is 109 Å². The maximum Gasteiger partial charge on any atom is 0.0991 e. The summed E-state index contributed by atoms with van der Waals surface area (Å²) in [6.45, 7) is 0. The highest BCUT2D eigenvalue weighted by molar-refractivity contribution is 8.34. The minimum Gasteiger partial charge on any atom is -0.309 e. The van der Waals surface area contributed by atoms with E-state index in [1.165, 1.54) is 49.9 Å². The standard InChI is InChI=1S/C55H40N2S2/c56-41-42-31-33-43(34-32-42)57-54-37-35-50(58(44-19-7-1-8-20-44,45-21-9-2-10-22-45)46-23-11-3-12-24-46)39-52(54)53-40-51(36-38-55(53)57)59(47-25-13-4-14-26-47,48-27-15-5-16-28-48)49-29-17-6-18-30-49/h1-40H. The van der Waals surface area contributed by atoms with E-state index in [2.05, 4.69) is 241 Å². The van der Waals surface area contributed by atoms with Crippen LogP contribution in [0.15, 0.2) is 282 Å². The van der Waals surface area contributed by atoms with Crippen LogP contribution in [-0.4, -0.2) is 4.57 Å². The summed E-state index contributed by atoms with van der Waals surface area (Å²) in [5.41, 5.74) is 3.90. The second kappa shape index (κ2) is 15.4. The van der Waals surface area contributed by atoms with E-state index in [0.717, 1.165) is 16.7 Å². The SMILES string of the molecule is N#Cc1ccc(-n2c3ccc(S(c4ccccc4)(c4ccccc4)c4ccccc4)cc3c3cc(S(c4ccccc4)(c4ccccc4)c4ccccc4)ccc32)cc1. The first-order chi connectivity index (χ1) is 29.2. The van der Waals surface area contributed by atoms with Gasteiger partial charge in [0.1, 0.15) is 0 Å². The lowest BCUT2D eigenvalue weighted by atomic mass is 10.1. The van der Waals surface area contributed by atoms with E-state index in [-0.39, 0.29) is 0 Å². The lowest BCUT2D eigenvalue weighted by molar-refractivity contribution is 1.17. The number of hydrogen-bond acceptors (Lipinski definition) is 1. The first-order valence-electron chi connectivity index (χ1n) is 19.8. The summed E-state index contributed by atoms with van der Waals surface area (Å²) in [5, 5.41) is 12.1. The van der Waals surface area contributed by atoms with Crippen LogP contribution in [-0.2, 0) is 0 Å². The van der Waals surface area contributed by atoms with Gasteiger partial charge in [0.05, 0.1) is 22.7 Å². The van der Waals surface area contributed by atoms with Crippen molar-refractivity contribution in [2.75, 3.05) is 0 Å². The normalized spacial score (nSPS) is 12.3. The molecule has 1 heterocycles. The van der Waals surface area contributed by atoms with E-state index >= 15 is 0 Å². The lowest BCUT2D eigenvalue weighted by Crippen LogP contribution is -2.05. The van der Waals surface area contributed by atoms with E-state index in [9.17, 15) is 5.26 Å². The van der Waals surface area contributed by atoms with Crippen LogP contribution in [0.4, 0.5) is 0 Å². The molecule has 0 radical (unpaired) electrons. The Hall–Kier alpha value is -7.03. The van der Waals surface area contributed by atoms with E-state index in [0.29, 0.717) is 5.56 Å². The molecule has 282 valence electrons.